The molecule has 22 heavy (non-hydrogen) atoms. The van der Waals surface area contributed by atoms with Crippen molar-refractivity contribution in [3.8, 4) is 5.75 Å². The van der Waals surface area contributed by atoms with E-state index in [2.05, 4.69) is 5.32 Å². The van der Waals surface area contributed by atoms with Gasteiger partial charge in [0.25, 0.3) is 5.91 Å². The molecule has 3 rings (SSSR count). The van der Waals surface area contributed by atoms with Crippen molar-refractivity contribution in [1.29, 1.82) is 0 Å². The minimum absolute atomic E-state index is 0.0637. The summed E-state index contributed by atoms with van der Waals surface area (Å²) in [6.07, 6.45) is 2.05. The van der Waals surface area contributed by atoms with Crippen LogP contribution in [0, 0.1) is 0 Å². The van der Waals surface area contributed by atoms with Gasteiger partial charge in [-0.1, -0.05) is 36.0 Å². The Morgan fingerprint density at radius 3 is 2.55 bits per heavy atom. The first kappa shape index (κ1) is 14.7. The highest BCUT2D eigenvalue weighted by molar-refractivity contribution is 8.04. The van der Waals surface area contributed by atoms with Crippen LogP contribution in [0.4, 0.5) is 5.69 Å². The zero-order valence-electron chi connectivity index (χ0n) is 12.5. The van der Waals surface area contributed by atoms with Gasteiger partial charge in [-0.05, 0) is 49.8 Å². The zero-order valence-corrected chi connectivity index (χ0v) is 13.3. The van der Waals surface area contributed by atoms with Crippen molar-refractivity contribution in [2.45, 2.75) is 24.8 Å². The van der Waals surface area contributed by atoms with Crippen LogP contribution in [0.1, 0.15) is 19.4 Å². The van der Waals surface area contributed by atoms with Gasteiger partial charge in [-0.15, -0.1) is 0 Å². The normalized spacial score (nSPS) is 15.6. The minimum Gasteiger partial charge on any atom is -0.491 e. The fourth-order valence-corrected chi connectivity index (χ4v) is 3.12. The molecule has 0 unspecified atom stereocenters. The molecule has 4 heteroatoms. The molecule has 0 aromatic heterocycles. The average Bonchev–Trinajstić information content (AvgIpc) is 2.49. The van der Waals surface area contributed by atoms with E-state index in [1.165, 1.54) is 11.8 Å². The number of amides is 1. The van der Waals surface area contributed by atoms with Crippen molar-refractivity contribution in [3.63, 3.8) is 0 Å². The van der Waals surface area contributed by atoms with Crippen molar-refractivity contribution < 1.29 is 9.53 Å². The number of thioether (sulfide) groups is 1. The van der Waals surface area contributed by atoms with Crippen molar-refractivity contribution in [3.05, 3.63) is 59.0 Å². The van der Waals surface area contributed by atoms with Crippen LogP contribution >= 0.6 is 11.8 Å². The molecule has 112 valence electrons. The van der Waals surface area contributed by atoms with E-state index in [-0.39, 0.29) is 12.0 Å². The van der Waals surface area contributed by atoms with Gasteiger partial charge in [-0.3, -0.25) is 4.79 Å². The number of carbonyl (C=O) groups is 1. The Bertz CT molecular complexity index is 720. The largest absolute Gasteiger partial charge is 0.491 e. The number of anilines is 1. The van der Waals surface area contributed by atoms with Gasteiger partial charge in [0.2, 0.25) is 0 Å². The molecule has 3 nitrogen and oxygen atoms in total. The number of carbonyl (C=O) groups excluding carboxylic acids is 1. The van der Waals surface area contributed by atoms with E-state index in [4.69, 9.17) is 4.74 Å². The van der Waals surface area contributed by atoms with Crippen LogP contribution in [-0.4, -0.2) is 12.0 Å². The Labute approximate surface area is 134 Å². The van der Waals surface area contributed by atoms with Crippen LogP contribution < -0.4 is 10.1 Å². The van der Waals surface area contributed by atoms with E-state index < -0.39 is 0 Å². The maximum absolute atomic E-state index is 12.1. The molecule has 0 fully saturated rings. The van der Waals surface area contributed by atoms with Crippen LogP contribution in [-0.2, 0) is 4.79 Å². The zero-order chi connectivity index (χ0) is 15.5. The second-order valence-electron chi connectivity index (χ2n) is 5.30. The summed E-state index contributed by atoms with van der Waals surface area (Å²) in [6.45, 7) is 3.99. The molecule has 0 radical (unpaired) electrons. The lowest BCUT2D eigenvalue weighted by molar-refractivity contribution is -0.112. The van der Waals surface area contributed by atoms with Crippen LogP contribution in [0.3, 0.4) is 0 Å². The maximum atomic E-state index is 12.1. The topological polar surface area (TPSA) is 38.3 Å². The summed E-state index contributed by atoms with van der Waals surface area (Å²) in [6, 6.07) is 15.6. The molecule has 0 saturated carbocycles. The van der Waals surface area contributed by atoms with E-state index in [1.807, 2.05) is 68.5 Å². The standard InChI is InChI=1S/C18H17NO2S/c1-12(2)21-14-9-7-13(8-10-14)11-17-18(20)19-15-5-3-4-6-16(15)22-17/h3-12H,1-2H3,(H,19,20)/b17-11-. The number of para-hydroxylation sites is 1. The van der Waals surface area contributed by atoms with E-state index >= 15 is 0 Å². The van der Waals surface area contributed by atoms with Crippen molar-refractivity contribution in [1.82, 2.24) is 0 Å². The molecule has 2 aromatic carbocycles. The first-order valence-corrected chi connectivity index (χ1v) is 8.00. The fraction of sp³-hybridized carbons (Fsp3) is 0.167. The first-order valence-electron chi connectivity index (χ1n) is 7.18. The van der Waals surface area contributed by atoms with Crippen molar-refractivity contribution >= 4 is 29.4 Å². The number of rotatable bonds is 3. The molecular weight excluding hydrogens is 294 g/mol. The number of hydrogen-bond acceptors (Lipinski definition) is 3. The third-order valence-electron chi connectivity index (χ3n) is 3.13. The number of nitrogens with one attached hydrogen (secondary N) is 1. The van der Waals surface area contributed by atoms with Gasteiger partial charge in [0.15, 0.2) is 0 Å². The lowest BCUT2D eigenvalue weighted by atomic mass is 10.2. The monoisotopic (exact) mass is 311 g/mol. The van der Waals surface area contributed by atoms with Gasteiger partial charge in [0, 0.05) is 4.90 Å². The Kier molecular flexibility index (Phi) is 4.20. The third-order valence-corrected chi connectivity index (χ3v) is 4.23. The molecular formula is C18H17NO2S. The summed E-state index contributed by atoms with van der Waals surface area (Å²) in [5, 5.41) is 2.91. The number of fused-ring (bicyclic) bond motifs is 1. The van der Waals surface area contributed by atoms with E-state index in [1.54, 1.807) is 0 Å². The highest BCUT2D eigenvalue weighted by Gasteiger charge is 2.20. The highest BCUT2D eigenvalue weighted by atomic mass is 32.2. The summed E-state index contributed by atoms with van der Waals surface area (Å²) in [5.74, 6) is 0.773. The number of ether oxygens (including phenoxy) is 1. The Morgan fingerprint density at radius 1 is 1.09 bits per heavy atom. The second kappa shape index (κ2) is 6.28. The molecule has 1 aliphatic rings. The number of hydrogen-bond donors (Lipinski definition) is 1. The molecule has 0 atom stereocenters. The van der Waals surface area contributed by atoms with Crippen molar-refractivity contribution in [2.75, 3.05) is 5.32 Å². The summed E-state index contributed by atoms with van der Waals surface area (Å²) >= 11 is 1.49. The lowest BCUT2D eigenvalue weighted by Gasteiger charge is -2.18. The quantitative estimate of drug-likeness (QED) is 0.845. The maximum Gasteiger partial charge on any atom is 0.262 e. The van der Waals surface area contributed by atoms with Crippen LogP contribution in [0.15, 0.2) is 58.3 Å². The number of benzene rings is 2. The van der Waals surface area contributed by atoms with Crippen LogP contribution in [0.2, 0.25) is 0 Å². The Balaban J connectivity index is 1.82. The predicted molar refractivity (Wildman–Crippen MR) is 91.1 cm³/mol. The van der Waals surface area contributed by atoms with E-state index in [0.29, 0.717) is 4.91 Å². The van der Waals surface area contributed by atoms with Crippen molar-refractivity contribution in [2.24, 2.45) is 0 Å². The molecule has 1 aliphatic heterocycles. The summed E-state index contributed by atoms with van der Waals surface area (Å²) in [7, 11) is 0. The van der Waals surface area contributed by atoms with Gasteiger partial charge >= 0.3 is 0 Å². The fourth-order valence-electron chi connectivity index (χ4n) is 2.17. The lowest BCUT2D eigenvalue weighted by Crippen LogP contribution is -2.17. The third kappa shape index (κ3) is 3.34. The second-order valence-corrected chi connectivity index (χ2v) is 6.38. The average molecular weight is 311 g/mol. The predicted octanol–water partition coefficient (Wildman–Crippen LogP) is 4.56. The molecule has 0 aliphatic carbocycles. The van der Waals surface area contributed by atoms with E-state index in [9.17, 15) is 4.79 Å². The molecule has 0 spiro atoms. The summed E-state index contributed by atoms with van der Waals surface area (Å²) in [5.41, 5.74) is 1.85. The SMILES string of the molecule is CC(C)Oc1ccc(/C=C2\Sc3ccccc3NC2=O)cc1. The van der Waals surface area contributed by atoms with Crippen LogP contribution in [0.5, 0.6) is 5.75 Å². The highest BCUT2D eigenvalue weighted by Crippen LogP contribution is 2.38. The molecule has 1 N–H and O–H groups in total. The summed E-state index contributed by atoms with van der Waals surface area (Å²) < 4.78 is 5.62. The smallest absolute Gasteiger partial charge is 0.262 e. The van der Waals surface area contributed by atoms with Gasteiger partial charge in [0.05, 0.1) is 16.7 Å². The first-order chi connectivity index (χ1) is 10.6. The van der Waals surface area contributed by atoms with Gasteiger partial charge in [-0.25, -0.2) is 0 Å². The Hall–Kier alpha value is -2.20. The summed E-state index contributed by atoms with van der Waals surface area (Å²) in [4.78, 5) is 13.9. The Morgan fingerprint density at radius 2 is 1.82 bits per heavy atom. The molecule has 1 heterocycles. The minimum atomic E-state index is -0.0637. The van der Waals surface area contributed by atoms with Crippen LogP contribution in [0.25, 0.3) is 6.08 Å². The molecule has 2 aromatic rings. The van der Waals surface area contributed by atoms with E-state index in [0.717, 1.165) is 21.9 Å². The van der Waals surface area contributed by atoms with Gasteiger partial charge in [0.1, 0.15) is 5.75 Å². The molecule has 0 saturated heterocycles. The molecule has 0 bridgehead atoms. The molecule has 1 amide bonds. The van der Waals surface area contributed by atoms with Gasteiger partial charge < -0.3 is 10.1 Å². The van der Waals surface area contributed by atoms with Gasteiger partial charge in [-0.2, -0.15) is 0 Å².